The highest BCUT2D eigenvalue weighted by Crippen LogP contribution is 2.38. The number of hydrogen-bond acceptors (Lipinski definition) is 5. The molecule has 1 fully saturated rings. The third-order valence-electron chi connectivity index (χ3n) is 2.99. The topological polar surface area (TPSA) is 78.3 Å². The standard InChI is InChI=1S/C11H16N2O3/c1-2-15-11(14)9-8(10(12)16-13-9)7-5-3-4-6-7/h7H,2-6,12H2,1H3. The van der Waals surface area contributed by atoms with Crippen molar-refractivity contribution in [3.8, 4) is 0 Å². The lowest BCUT2D eigenvalue weighted by Gasteiger charge is -2.08. The highest BCUT2D eigenvalue weighted by atomic mass is 16.5. The van der Waals surface area contributed by atoms with Gasteiger partial charge in [-0.05, 0) is 25.7 Å². The molecule has 2 N–H and O–H groups in total. The maximum atomic E-state index is 11.6. The van der Waals surface area contributed by atoms with Crippen LogP contribution in [-0.2, 0) is 4.74 Å². The van der Waals surface area contributed by atoms with Gasteiger partial charge in [-0.1, -0.05) is 18.0 Å². The van der Waals surface area contributed by atoms with Crippen LogP contribution in [0.1, 0.15) is 54.6 Å². The molecule has 5 heteroatoms. The molecule has 88 valence electrons. The molecule has 0 atom stereocenters. The highest BCUT2D eigenvalue weighted by Gasteiger charge is 2.29. The van der Waals surface area contributed by atoms with Crippen molar-refractivity contribution in [2.75, 3.05) is 12.3 Å². The molecule has 16 heavy (non-hydrogen) atoms. The molecule has 5 nitrogen and oxygen atoms in total. The van der Waals surface area contributed by atoms with Gasteiger partial charge in [0.05, 0.1) is 12.2 Å². The SMILES string of the molecule is CCOC(=O)c1noc(N)c1C1CCCC1. The van der Waals surface area contributed by atoms with E-state index in [1.165, 1.54) is 0 Å². The molecule has 0 aliphatic heterocycles. The zero-order valence-corrected chi connectivity index (χ0v) is 9.36. The van der Waals surface area contributed by atoms with Gasteiger partial charge in [0.1, 0.15) is 0 Å². The third-order valence-corrected chi connectivity index (χ3v) is 2.99. The van der Waals surface area contributed by atoms with Crippen molar-refractivity contribution in [2.24, 2.45) is 0 Å². The Kier molecular flexibility index (Phi) is 3.12. The van der Waals surface area contributed by atoms with Crippen LogP contribution in [0.2, 0.25) is 0 Å². The Morgan fingerprint density at radius 3 is 2.88 bits per heavy atom. The lowest BCUT2D eigenvalue weighted by Crippen LogP contribution is -2.10. The maximum Gasteiger partial charge on any atom is 0.360 e. The first-order valence-electron chi connectivity index (χ1n) is 5.66. The number of hydrogen-bond donors (Lipinski definition) is 1. The van der Waals surface area contributed by atoms with Crippen molar-refractivity contribution < 1.29 is 14.1 Å². The fraction of sp³-hybridized carbons (Fsp3) is 0.636. The molecule has 0 amide bonds. The summed E-state index contributed by atoms with van der Waals surface area (Å²) in [4.78, 5) is 11.6. The van der Waals surface area contributed by atoms with Gasteiger partial charge in [-0.3, -0.25) is 0 Å². The second-order valence-electron chi connectivity index (χ2n) is 4.01. The van der Waals surface area contributed by atoms with Crippen molar-refractivity contribution >= 4 is 11.9 Å². The molecule has 1 aliphatic rings. The van der Waals surface area contributed by atoms with Gasteiger partial charge in [0.2, 0.25) is 5.88 Å². The third kappa shape index (κ3) is 1.89. The van der Waals surface area contributed by atoms with E-state index in [0.29, 0.717) is 12.5 Å². The van der Waals surface area contributed by atoms with Crippen LogP contribution >= 0.6 is 0 Å². The van der Waals surface area contributed by atoms with Crippen LogP contribution in [0.25, 0.3) is 0 Å². The molecule has 1 saturated carbocycles. The number of rotatable bonds is 3. The van der Waals surface area contributed by atoms with E-state index in [4.69, 9.17) is 15.0 Å². The van der Waals surface area contributed by atoms with Crippen LogP contribution < -0.4 is 5.73 Å². The van der Waals surface area contributed by atoms with Crippen LogP contribution in [-0.4, -0.2) is 17.7 Å². The number of nitrogens with zero attached hydrogens (tertiary/aromatic N) is 1. The number of anilines is 1. The molecule has 0 unspecified atom stereocenters. The van der Waals surface area contributed by atoms with Crippen molar-refractivity contribution in [3.05, 3.63) is 11.3 Å². The summed E-state index contributed by atoms with van der Waals surface area (Å²) >= 11 is 0. The largest absolute Gasteiger partial charge is 0.461 e. The summed E-state index contributed by atoms with van der Waals surface area (Å²) in [5.41, 5.74) is 6.72. The van der Waals surface area contributed by atoms with E-state index in [0.717, 1.165) is 31.2 Å². The number of aromatic nitrogens is 1. The monoisotopic (exact) mass is 224 g/mol. The van der Waals surface area contributed by atoms with Gasteiger partial charge in [0, 0.05) is 0 Å². The van der Waals surface area contributed by atoms with Crippen LogP contribution in [0.15, 0.2) is 4.52 Å². The van der Waals surface area contributed by atoms with Gasteiger partial charge < -0.3 is 15.0 Å². The van der Waals surface area contributed by atoms with E-state index >= 15 is 0 Å². The minimum atomic E-state index is -0.440. The Bertz CT molecular complexity index is 381. The van der Waals surface area contributed by atoms with Gasteiger partial charge >= 0.3 is 5.97 Å². The van der Waals surface area contributed by atoms with Crippen molar-refractivity contribution in [1.82, 2.24) is 5.16 Å². The lowest BCUT2D eigenvalue weighted by molar-refractivity contribution is 0.0513. The molecular weight excluding hydrogens is 208 g/mol. The zero-order valence-electron chi connectivity index (χ0n) is 9.36. The van der Waals surface area contributed by atoms with Gasteiger partial charge in [-0.2, -0.15) is 0 Å². The zero-order chi connectivity index (χ0) is 11.5. The van der Waals surface area contributed by atoms with Crippen molar-refractivity contribution in [3.63, 3.8) is 0 Å². The molecule has 1 aliphatic carbocycles. The van der Waals surface area contributed by atoms with E-state index in [1.54, 1.807) is 6.92 Å². The van der Waals surface area contributed by atoms with E-state index in [9.17, 15) is 4.79 Å². The van der Waals surface area contributed by atoms with Gasteiger partial charge in [0.15, 0.2) is 5.69 Å². The molecule has 0 aromatic carbocycles. The fourth-order valence-electron chi connectivity index (χ4n) is 2.27. The molecule has 0 radical (unpaired) electrons. The van der Waals surface area contributed by atoms with Crippen LogP contribution in [0.5, 0.6) is 0 Å². The Morgan fingerprint density at radius 2 is 2.25 bits per heavy atom. The highest BCUT2D eigenvalue weighted by molar-refractivity contribution is 5.90. The lowest BCUT2D eigenvalue weighted by atomic mass is 9.97. The number of ether oxygens (including phenoxy) is 1. The molecule has 0 saturated heterocycles. The van der Waals surface area contributed by atoms with Gasteiger partial charge in [-0.15, -0.1) is 0 Å². The number of esters is 1. The fourth-order valence-corrected chi connectivity index (χ4v) is 2.27. The van der Waals surface area contributed by atoms with E-state index < -0.39 is 5.97 Å². The summed E-state index contributed by atoms with van der Waals surface area (Å²) in [6.45, 7) is 2.09. The molecule has 1 heterocycles. The van der Waals surface area contributed by atoms with Crippen LogP contribution in [0.3, 0.4) is 0 Å². The summed E-state index contributed by atoms with van der Waals surface area (Å²) in [6.07, 6.45) is 4.41. The molecule has 1 aromatic heterocycles. The maximum absolute atomic E-state index is 11.6. The predicted molar refractivity (Wildman–Crippen MR) is 58.1 cm³/mol. The van der Waals surface area contributed by atoms with Crippen LogP contribution in [0.4, 0.5) is 5.88 Å². The summed E-state index contributed by atoms with van der Waals surface area (Å²) in [7, 11) is 0. The summed E-state index contributed by atoms with van der Waals surface area (Å²) in [5.74, 6) is 0.116. The number of nitrogens with two attached hydrogens (primary N) is 1. The first-order valence-corrected chi connectivity index (χ1v) is 5.66. The molecular formula is C11H16N2O3. The average molecular weight is 224 g/mol. The second-order valence-corrected chi connectivity index (χ2v) is 4.01. The quantitative estimate of drug-likeness (QED) is 0.795. The molecule has 0 bridgehead atoms. The molecule has 2 rings (SSSR count). The van der Waals surface area contributed by atoms with Crippen LogP contribution in [0, 0.1) is 0 Å². The first kappa shape index (κ1) is 11.0. The number of nitrogen functional groups attached to an aromatic ring is 1. The van der Waals surface area contributed by atoms with Crippen molar-refractivity contribution in [1.29, 1.82) is 0 Å². The Labute approximate surface area is 93.9 Å². The summed E-state index contributed by atoms with van der Waals surface area (Å²) < 4.78 is 9.83. The van der Waals surface area contributed by atoms with Crippen molar-refractivity contribution in [2.45, 2.75) is 38.5 Å². The summed E-state index contributed by atoms with van der Waals surface area (Å²) in [5, 5.41) is 3.70. The predicted octanol–water partition coefficient (Wildman–Crippen LogP) is 2.09. The second kappa shape index (κ2) is 4.55. The minimum absolute atomic E-state index is 0.256. The van der Waals surface area contributed by atoms with Gasteiger partial charge in [0.25, 0.3) is 0 Å². The Morgan fingerprint density at radius 1 is 1.56 bits per heavy atom. The average Bonchev–Trinajstić information content (AvgIpc) is 2.86. The summed E-state index contributed by atoms with van der Waals surface area (Å²) in [6, 6.07) is 0. The van der Waals surface area contributed by atoms with Gasteiger partial charge in [-0.25, -0.2) is 4.79 Å². The number of carbonyl (C=O) groups excluding carboxylic acids is 1. The molecule has 0 spiro atoms. The number of carbonyl (C=O) groups is 1. The Hall–Kier alpha value is -1.52. The molecule has 1 aromatic rings. The smallest absolute Gasteiger partial charge is 0.360 e. The Balaban J connectivity index is 2.27. The first-order chi connectivity index (χ1) is 7.74. The van der Waals surface area contributed by atoms with E-state index in [1.807, 2.05) is 0 Å². The minimum Gasteiger partial charge on any atom is -0.461 e. The normalized spacial score (nSPS) is 16.6. The van der Waals surface area contributed by atoms with E-state index in [-0.39, 0.29) is 11.6 Å². The van der Waals surface area contributed by atoms with E-state index in [2.05, 4.69) is 5.16 Å².